The zero-order valence-electron chi connectivity index (χ0n) is 11.9. The van der Waals surface area contributed by atoms with Gasteiger partial charge in [0.2, 0.25) is 0 Å². The van der Waals surface area contributed by atoms with Crippen LogP contribution in [-0.2, 0) is 11.2 Å². The van der Waals surface area contributed by atoms with Crippen molar-refractivity contribution < 1.29 is 14.7 Å². The molecule has 0 fully saturated rings. The van der Waals surface area contributed by atoms with Gasteiger partial charge in [-0.3, -0.25) is 0 Å². The zero-order chi connectivity index (χ0) is 15.0. The zero-order valence-corrected chi connectivity index (χ0v) is 12.7. The topological polar surface area (TPSA) is 78.4 Å². The van der Waals surface area contributed by atoms with E-state index in [9.17, 15) is 9.59 Å². The minimum absolute atomic E-state index is 0.0368. The average Bonchev–Trinajstić information content (AvgIpc) is 2.86. The number of nitrogens with one attached hydrogen (secondary N) is 2. The fourth-order valence-corrected chi connectivity index (χ4v) is 2.58. The maximum Gasteiger partial charge on any atom is 0.326 e. The van der Waals surface area contributed by atoms with E-state index in [1.165, 1.54) is 5.56 Å². The van der Waals surface area contributed by atoms with Gasteiger partial charge in [0, 0.05) is 6.04 Å². The van der Waals surface area contributed by atoms with Crippen LogP contribution in [0.25, 0.3) is 0 Å². The Hall–Kier alpha value is -1.56. The molecule has 3 N–H and O–H groups in total. The summed E-state index contributed by atoms with van der Waals surface area (Å²) >= 11 is 1.62. The second kappa shape index (κ2) is 8.58. The molecule has 112 valence electrons. The lowest BCUT2D eigenvalue weighted by atomic mass is 10.1. The Morgan fingerprint density at radius 1 is 1.40 bits per heavy atom. The SMILES string of the molecule is CCCCC(NC(=O)NC(C)Cc1ccsc1)C(=O)O. The van der Waals surface area contributed by atoms with Crippen LogP contribution in [0.5, 0.6) is 0 Å². The number of urea groups is 1. The first-order valence-electron chi connectivity index (χ1n) is 6.83. The predicted octanol–water partition coefficient (Wildman–Crippen LogP) is 2.62. The molecule has 6 heteroatoms. The molecule has 1 rings (SSSR count). The summed E-state index contributed by atoms with van der Waals surface area (Å²) < 4.78 is 0. The number of amides is 2. The molecule has 1 aromatic heterocycles. The van der Waals surface area contributed by atoms with E-state index in [-0.39, 0.29) is 6.04 Å². The van der Waals surface area contributed by atoms with Gasteiger partial charge < -0.3 is 15.7 Å². The molecule has 1 aromatic rings. The highest BCUT2D eigenvalue weighted by Gasteiger charge is 2.19. The maximum absolute atomic E-state index is 11.8. The molecular formula is C14H22N2O3S. The fraction of sp³-hybridized carbons (Fsp3) is 0.571. The molecular weight excluding hydrogens is 276 g/mol. The van der Waals surface area contributed by atoms with Gasteiger partial charge in [-0.1, -0.05) is 19.8 Å². The third-order valence-electron chi connectivity index (χ3n) is 2.95. The van der Waals surface area contributed by atoms with E-state index >= 15 is 0 Å². The van der Waals surface area contributed by atoms with Gasteiger partial charge in [-0.25, -0.2) is 9.59 Å². The van der Waals surface area contributed by atoms with Crippen LogP contribution in [0.2, 0.25) is 0 Å². The minimum Gasteiger partial charge on any atom is -0.480 e. The van der Waals surface area contributed by atoms with Crippen molar-refractivity contribution in [1.82, 2.24) is 10.6 Å². The molecule has 5 nitrogen and oxygen atoms in total. The third-order valence-corrected chi connectivity index (χ3v) is 3.68. The predicted molar refractivity (Wildman–Crippen MR) is 80.1 cm³/mol. The molecule has 1 heterocycles. The Kier molecular flexibility index (Phi) is 7.08. The number of aliphatic carboxylic acids is 1. The van der Waals surface area contributed by atoms with Crippen LogP contribution >= 0.6 is 11.3 Å². The van der Waals surface area contributed by atoms with Gasteiger partial charge in [-0.15, -0.1) is 0 Å². The third kappa shape index (κ3) is 6.06. The monoisotopic (exact) mass is 298 g/mol. The molecule has 20 heavy (non-hydrogen) atoms. The maximum atomic E-state index is 11.8. The lowest BCUT2D eigenvalue weighted by Gasteiger charge is -2.18. The smallest absolute Gasteiger partial charge is 0.326 e. The van der Waals surface area contributed by atoms with Gasteiger partial charge in [-0.2, -0.15) is 11.3 Å². The normalized spacial score (nSPS) is 13.5. The Labute approximate surface area is 123 Å². The highest BCUT2D eigenvalue weighted by molar-refractivity contribution is 7.07. The van der Waals surface area contributed by atoms with E-state index in [1.807, 2.05) is 30.7 Å². The molecule has 0 saturated heterocycles. The summed E-state index contributed by atoms with van der Waals surface area (Å²) in [4.78, 5) is 22.8. The van der Waals surface area contributed by atoms with Crippen molar-refractivity contribution >= 4 is 23.3 Å². The summed E-state index contributed by atoms with van der Waals surface area (Å²) in [5.74, 6) is -0.987. The molecule has 2 atom stereocenters. The molecule has 2 amide bonds. The molecule has 0 aliphatic carbocycles. The molecule has 0 aromatic carbocycles. The van der Waals surface area contributed by atoms with Gasteiger partial charge in [0.15, 0.2) is 0 Å². The van der Waals surface area contributed by atoms with E-state index in [0.29, 0.717) is 6.42 Å². The fourth-order valence-electron chi connectivity index (χ4n) is 1.90. The largest absolute Gasteiger partial charge is 0.480 e. The molecule has 2 unspecified atom stereocenters. The number of carboxylic acids is 1. The van der Waals surface area contributed by atoms with E-state index in [0.717, 1.165) is 19.3 Å². The Balaban J connectivity index is 2.38. The van der Waals surface area contributed by atoms with Gasteiger partial charge in [0.1, 0.15) is 6.04 Å². The summed E-state index contributed by atoms with van der Waals surface area (Å²) in [6.07, 6.45) is 2.88. The minimum atomic E-state index is -0.987. The molecule has 0 bridgehead atoms. The lowest BCUT2D eigenvalue weighted by molar-refractivity contribution is -0.139. The van der Waals surface area contributed by atoms with Crippen LogP contribution in [0, 0.1) is 0 Å². The second-order valence-electron chi connectivity index (χ2n) is 4.89. The molecule has 0 aliphatic rings. The molecule has 0 spiro atoms. The highest BCUT2D eigenvalue weighted by atomic mass is 32.1. The van der Waals surface area contributed by atoms with Crippen molar-refractivity contribution in [2.45, 2.75) is 51.6 Å². The van der Waals surface area contributed by atoms with Crippen molar-refractivity contribution in [2.24, 2.45) is 0 Å². The van der Waals surface area contributed by atoms with Crippen LogP contribution < -0.4 is 10.6 Å². The number of unbranched alkanes of at least 4 members (excludes halogenated alkanes) is 1. The van der Waals surface area contributed by atoms with Crippen LogP contribution in [0.3, 0.4) is 0 Å². The number of rotatable bonds is 8. The molecule has 0 radical (unpaired) electrons. The standard InChI is InChI=1S/C14H22N2O3S/c1-3-4-5-12(13(17)18)16-14(19)15-10(2)8-11-6-7-20-9-11/h6-7,9-10,12H,3-5,8H2,1-2H3,(H,17,18)(H2,15,16,19). The summed E-state index contributed by atoms with van der Waals surface area (Å²) in [7, 11) is 0. The number of thiophene rings is 1. The first kappa shape index (κ1) is 16.5. The van der Waals surface area contributed by atoms with E-state index < -0.39 is 18.0 Å². The van der Waals surface area contributed by atoms with Crippen molar-refractivity contribution in [2.75, 3.05) is 0 Å². The van der Waals surface area contributed by atoms with E-state index in [4.69, 9.17) is 5.11 Å². The Morgan fingerprint density at radius 3 is 2.70 bits per heavy atom. The van der Waals surface area contributed by atoms with Gasteiger partial charge >= 0.3 is 12.0 Å². The summed E-state index contributed by atoms with van der Waals surface area (Å²) in [5.41, 5.74) is 1.17. The first-order chi connectivity index (χ1) is 9.52. The van der Waals surface area contributed by atoms with E-state index in [1.54, 1.807) is 11.3 Å². The van der Waals surface area contributed by atoms with Crippen LogP contribution in [0.15, 0.2) is 16.8 Å². The lowest BCUT2D eigenvalue weighted by Crippen LogP contribution is -2.48. The number of hydrogen-bond acceptors (Lipinski definition) is 3. The number of carbonyl (C=O) groups excluding carboxylic acids is 1. The highest BCUT2D eigenvalue weighted by Crippen LogP contribution is 2.08. The van der Waals surface area contributed by atoms with Crippen molar-refractivity contribution in [3.05, 3.63) is 22.4 Å². The van der Waals surface area contributed by atoms with Gasteiger partial charge in [-0.05, 0) is 42.2 Å². The van der Waals surface area contributed by atoms with Crippen LogP contribution in [-0.4, -0.2) is 29.2 Å². The Morgan fingerprint density at radius 2 is 2.15 bits per heavy atom. The molecule has 0 saturated carbocycles. The number of carbonyl (C=O) groups is 2. The summed E-state index contributed by atoms with van der Waals surface area (Å²) in [6, 6.07) is 0.743. The second-order valence-corrected chi connectivity index (χ2v) is 5.67. The van der Waals surface area contributed by atoms with Crippen LogP contribution in [0.1, 0.15) is 38.7 Å². The van der Waals surface area contributed by atoms with Crippen molar-refractivity contribution in [3.8, 4) is 0 Å². The molecule has 0 aliphatic heterocycles. The average molecular weight is 298 g/mol. The van der Waals surface area contributed by atoms with E-state index in [2.05, 4.69) is 10.6 Å². The van der Waals surface area contributed by atoms with Crippen LogP contribution in [0.4, 0.5) is 4.79 Å². The quantitative estimate of drug-likeness (QED) is 0.690. The van der Waals surface area contributed by atoms with Gasteiger partial charge in [0.25, 0.3) is 0 Å². The van der Waals surface area contributed by atoms with Crippen molar-refractivity contribution in [3.63, 3.8) is 0 Å². The number of carboxylic acid groups (broad SMARTS) is 1. The van der Waals surface area contributed by atoms with Crippen molar-refractivity contribution in [1.29, 1.82) is 0 Å². The Bertz CT molecular complexity index is 420. The number of hydrogen-bond donors (Lipinski definition) is 3. The first-order valence-corrected chi connectivity index (χ1v) is 7.78. The summed E-state index contributed by atoms with van der Waals surface area (Å²) in [6.45, 7) is 3.89. The van der Waals surface area contributed by atoms with Gasteiger partial charge in [0.05, 0.1) is 0 Å². The summed E-state index contributed by atoms with van der Waals surface area (Å²) in [5, 5.41) is 18.4.